The maximum atomic E-state index is 13.0. The monoisotopic (exact) mass is 299 g/mol. The number of nitrogens with zero attached hydrogens (tertiary/aromatic N) is 1. The van der Waals surface area contributed by atoms with Crippen molar-refractivity contribution in [1.82, 2.24) is 4.90 Å². The maximum absolute atomic E-state index is 13.0. The van der Waals surface area contributed by atoms with Gasteiger partial charge in [0.1, 0.15) is 0 Å². The lowest BCUT2D eigenvalue weighted by Gasteiger charge is -2.35. The third kappa shape index (κ3) is 3.21. The third-order valence-electron chi connectivity index (χ3n) is 5.67. The van der Waals surface area contributed by atoms with Gasteiger partial charge in [-0.15, -0.1) is 0 Å². The van der Waals surface area contributed by atoms with Gasteiger partial charge in [0.25, 0.3) is 0 Å². The van der Waals surface area contributed by atoms with Crippen molar-refractivity contribution >= 4 is 5.91 Å². The van der Waals surface area contributed by atoms with Gasteiger partial charge in [0.15, 0.2) is 0 Å². The molecule has 1 heterocycles. The summed E-state index contributed by atoms with van der Waals surface area (Å²) in [6.07, 6.45) is 9.49. The van der Waals surface area contributed by atoms with Crippen LogP contribution in [0.3, 0.4) is 0 Å². The number of carbonyl (C=O) groups is 1. The van der Waals surface area contributed by atoms with Crippen LogP contribution in [0.5, 0.6) is 0 Å². The molecule has 2 aliphatic rings. The van der Waals surface area contributed by atoms with Crippen LogP contribution in [-0.2, 0) is 4.79 Å². The molecule has 2 heteroatoms. The first-order chi connectivity index (χ1) is 10.8. The van der Waals surface area contributed by atoms with Gasteiger partial charge in [-0.25, -0.2) is 0 Å². The molecule has 1 aromatic rings. The van der Waals surface area contributed by atoms with Gasteiger partial charge in [-0.3, -0.25) is 4.79 Å². The summed E-state index contributed by atoms with van der Waals surface area (Å²) in [7, 11) is 0. The number of hydrogen-bond donors (Lipinski definition) is 0. The first kappa shape index (κ1) is 15.6. The Bertz CT molecular complexity index is 478. The average molecular weight is 299 g/mol. The second-order valence-electron chi connectivity index (χ2n) is 7.00. The number of carbonyl (C=O) groups excluding carboxylic acids is 1. The van der Waals surface area contributed by atoms with E-state index in [4.69, 9.17) is 0 Å². The van der Waals surface area contributed by atoms with Gasteiger partial charge in [-0.2, -0.15) is 0 Å². The lowest BCUT2D eigenvalue weighted by Crippen LogP contribution is -2.42. The molecular weight excluding hydrogens is 270 g/mol. The molecule has 120 valence electrons. The minimum Gasteiger partial charge on any atom is -0.339 e. The standard InChI is InChI=1S/C20H29NO/c1-2-18(16-10-5-3-6-11-16)19-14-9-15-21(19)20(22)17-12-7-4-8-13-17/h3,5-6,10-11,17-19H,2,4,7-9,12-15H2,1H3/t18-,19+/m1/s1. The Morgan fingerprint density at radius 3 is 2.50 bits per heavy atom. The topological polar surface area (TPSA) is 20.3 Å². The molecule has 1 saturated carbocycles. The highest BCUT2D eigenvalue weighted by Gasteiger charge is 2.37. The summed E-state index contributed by atoms with van der Waals surface area (Å²) in [5.41, 5.74) is 1.40. The van der Waals surface area contributed by atoms with Crippen molar-refractivity contribution in [3.05, 3.63) is 35.9 Å². The van der Waals surface area contributed by atoms with Gasteiger partial charge < -0.3 is 4.90 Å². The highest BCUT2D eigenvalue weighted by atomic mass is 16.2. The Hall–Kier alpha value is -1.31. The fraction of sp³-hybridized carbons (Fsp3) is 0.650. The number of amides is 1. The van der Waals surface area contributed by atoms with Crippen LogP contribution in [0, 0.1) is 5.92 Å². The normalized spacial score (nSPS) is 24.4. The van der Waals surface area contributed by atoms with E-state index in [0.29, 0.717) is 23.8 Å². The molecule has 1 aliphatic carbocycles. The summed E-state index contributed by atoms with van der Waals surface area (Å²) >= 11 is 0. The number of benzene rings is 1. The van der Waals surface area contributed by atoms with Gasteiger partial charge in [-0.05, 0) is 37.7 Å². The molecule has 0 spiro atoms. The van der Waals surface area contributed by atoms with Crippen LogP contribution >= 0.6 is 0 Å². The minimum atomic E-state index is 0.308. The fourth-order valence-corrected chi connectivity index (χ4v) is 4.50. The number of rotatable bonds is 4. The third-order valence-corrected chi connectivity index (χ3v) is 5.67. The predicted molar refractivity (Wildman–Crippen MR) is 90.8 cm³/mol. The first-order valence-corrected chi connectivity index (χ1v) is 9.16. The molecule has 2 nitrogen and oxygen atoms in total. The summed E-state index contributed by atoms with van der Waals surface area (Å²) in [6.45, 7) is 3.24. The van der Waals surface area contributed by atoms with Gasteiger partial charge in [-0.1, -0.05) is 56.5 Å². The molecule has 0 radical (unpaired) electrons. The van der Waals surface area contributed by atoms with Gasteiger partial charge in [0.05, 0.1) is 0 Å². The van der Waals surface area contributed by atoms with Crippen LogP contribution in [-0.4, -0.2) is 23.4 Å². The van der Waals surface area contributed by atoms with E-state index in [1.807, 2.05) is 0 Å². The predicted octanol–water partition coefficient (Wildman–Crippen LogP) is 4.75. The average Bonchev–Trinajstić information content (AvgIpc) is 3.06. The van der Waals surface area contributed by atoms with Crippen molar-refractivity contribution in [2.45, 2.75) is 70.3 Å². The van der Waals surface area contributed by atoms with E-state index in [1.165, 1.54) is 37.7 Å². The Labute approximate surface area is 134 Å². The molecular formula is C20H29NO. The fourth-order valence-electron chi connectivity index (χ4n) is 4.50. The molecule has 1 amide bonds. The van der Waals surface area contributed by atoms with Crippen molar-refractivity contribution in [1.29, 1.82) is 0 Å². The summed E-state index contributed by atoms with van der Waals surface area (Å²) in [6, 6.07) is 11.2. The lowest BCUT2D eigenvalue weighted by atomic mass is 9.85. The molecule has 22 heavy (non-hydrogen) atoms. The summed E-state index contributed by atoms with van der Waals surface area (Å²) in [5, 5.41) is 0. The second-order valence-corrected chi connectivity index (χ2v) is 7.00. The quantitative estimate of drug-likeness (QED) is 0.785. The molecule has 3 rings (SSSR count). The highest BCUT2D eigenvalue weighted by molar-refractivity contribution is 5.79. The summed E-state index contributed by atoms with van der Waals surface area (Å²) in [4.78, 5) is 15.2. The number of likely N-dealkylation sites (tertiary alicyclic amines) is 1. The van der Waals surface area contributed by atoms with Crippen molar-refractivity contribution in [3.8, 4) is 0 Å². The molecule has 1 saturated heterocycles. The van der Waals surface area contributed by atoms with Crippen LogP contribution < -0.4 is 0 Å². The van der Waals surface area contributed by atoms with E-state index in [1.54, 1.807) is 0 Å². The van der Waals surface area contributed by atoms with Crippen LogP contribution in [0.25, 0.3) is 0 Å². The summed E-state index contributed by atoms with van der Waals surface area (Å²) < 4.78 is 0. The van der Waals surface area contributed by atoms with E-state index >= 15 is 0 Å². The van der Waals surface area contributed by atoms with Crippen molar-refractivity contribution in [2.24, 2.45) is 5.92 Å². The molecule has 0 aromatic heterocycles. The van der Waals surface area contributed by atoms with E-state index < -0.39 is 0 Å². The largest absolute Gasteiger partial charge is 0.339 e. The van der Waals surface area contributed by atoms with Crippen LogP contribution in [0.15, 0.2) is 30.3 Å². The molecule has 0 bridgehead atoms. The SMILES string of the molecule is CC[C@H](c1ccccc1)[C@@H]1CCCN1C(=O)C1CCCCC1. The molecule has 2 fully saturated rings. The van der Waals surface area contributed by atoms with E-state index in [2.05, 4.69) is 42.2 Å². The molecule has 1 aliphatic heterocycles. The zero-order valence-corrected chi connectivity index (χ0v) is 13.8. The van der Waals surface area contributed by atoms with Crippen LogP contribution in [0.4, 0.5) is 0 Å². The van der Waals surface area contributed by atoms with Gasteiger partial charge in [0.2, 0.25) is 5.91 Å². The molecule has 0 unspecified atom stereocenters. The van der Waals surface area contributed by atoms with Gasteiger partial charge >= 0.3 is 0 Å². The van der Waals surface area contributed by atoms with Crippen LogP contribution in [0.1, 0.15) is 69.8 Å². The second kappa shape index (κ2) is 7.30. The molecule has 2 atom stereocenters. The Kier molecular flexibility index (Phi) is 5.17. The maximum Gasteiger partial charge on any atom is 0.225 e. The summed E-state index contributed by atoms with van der Waals surface area (Å²) in [5.74, 6) is 1.26. The van der Waals surface area contributed by atoms with Gasteiger partial charge in [0, 0.05) is 24.4 Å². The van der Waals surface area contributed by atoms with E-state index in [0.717, 1.165) is 25.8 Å². The Morgan fingerprint density at radius 2 is 1.82 bits per heavy atom. The smallest absolute Gasteiger partial charge is 0.225 e. The Morgan fingerprint density at radius 1 is 1.09 bits per heavy atom. The Balaban J connectivity index is 1.75. The zero-order chi connectivity index (χ0) is 15.4. The first-order valence-electron chi connectivity index (χ1n) is 9.16. The van der Waals surface area contributed by atoms with Crippen molar-refractivity contribution in [3.63, 3.8) is 0 Å². The van der Waals surface area contributed by atoms with Crippen molar-refractivity contribution < 1.29 is 4.79 Å². The highest BCUT2D eigenvalue weighted by Crippen LogP contribution is 2.36. The lowest BCUT2D eigenvalue weighted by molar-refractivity contribution is -0.137. The molecule has 1 aromatic carbocycles. The number of hydrogen-bond acceptors (Lipinski definition) is 1. The van der Waals surface area contributed by atoms with E-state index in [-0.39, 0.29) is 0 Å². The minimum absolute atomic E-state index is 0.308. The molecule has 0 N–H and O–H groups in total. The van der Waals surface area contributed by atoms with E-state index in [9.17, 15) is 4.79 Å². The van der Waals surface area contributed by atoms with Crippen LogP contribution in [0.2, 0.25) is 0 Å². The van der Waals surface area contributed by atoms with Crippen molar-refractivity contribution in [2.75, 3.05) is 6.54 Å². The zero-order valence-electron chi connectivity index (χ0n) is 13.8.